The first kappa shape index (κ1) is 18.4. The number of carbonyl (C=O) groups excluding carboxylic acids is 1. The van der Waals surface area contributed by atoms with E-state index in [4.69, 9.17) is 10.7 Å². The van der Waals surface area contributed by atoms with Gasteiger partial charge in [-0.25, -0.2) is 9.98 Å². The predicted molar refractivity (Wildman–Crippen MR) is 113 cm³/mol. The van der Waals surface area contributed by atoms with E-state index in [1.807, 2.05) is 37.4 Å². The first-order valence-electron chi connectivity index (χ1n) is 10.0. The number of likely N-dealkylation sites (N-methyl/N-ethyl adjacent to an activating group) is 1. The summed E-state index contributed by atoms with van der Waals surface area (Å²) in [4.78, 5) is 23.8. The van der Waals surface area contributed by atoms with Gasteiger partial charge in [0.25, 0.3) is 0 Å². The van der Waals surface area contributed by atoms with Crippen LogP contribution in [0.2, 0.25) is 0 Å². The number of guanidine groups is 1. The van der Waals surface area contributed by atoms with Crippen molar-refractivity contribution in [3.8, 4) is 6.07 Å². The number of amides is 1. The van der Waals surface area contributed by atoms with Crippen LogP contribution in [-0.2, 0) is 10.3 Å². The molecule has 7 heteroatoms. The van der Waals surface area contributed by atoms with E-state index in [2.05, 4.69) is 23.2 Å². The molecule has 1 aliphatic carbocycles. The molecule has 0 spiro atoms. The maximum absolute atomic E-state index is 13.4. The molecule has 2 aliphatic rings. The Morgan fingerprint density at radius 1 is 1.17 bits per heavy atom. The monoisotopic (exact) mass is 398 g/mol. The summed E-state index contributed by atoms with van der Waals surface area (Å²) < 4.78 is 1.72. The van der Waals surface area contributed by atoms with Crippen molar-refractivity contribution in [2.75, 3.05) is 7.05 Å². The average molecular weight is 398 g/mol. The Bertz CT molecular complexity index is 1230. The standard InChI is InChI=1S/C23H22N6O/c1-23(17-9-10-19-26-12-18(11-24)29(19)13-17)20(21(30)28(2)22(25)27-23)16-7-5-15(6-8-16)14-3-4-14/h5-10,12-14,20H,3-4H2,1-2H3,(H2,25,27)/t20?,23-/m1/s1. The minimum atomic E-state index is -0.917. The van der Waals surface area contributed by atoms with E-state index >= 15 is 0 Å². The van der Waals surface area contributed by atoms with Crippen molar-refractivity contribution < 1.29 is 4.79 Å². The van der Waals surface area contributed by atoms with E-state index in [0.717, 1.165) is 11.1 Å². The van der Waals surface area contributed by atoms with E-state index in [1.54, 1.807) is 11.4 Å². The quantitative estimate of drug-likeness (QED) is 0.733. The van der Waals surface area contributed by atoms with Gasteiger partial charge in [0.2, 0.25) is 5.91 Å². The number of nitrogens with zero attached hydrogens (tertiary/aromatic N) is 5. The number of hydrogen-bond donors (Lipinski definition) is 1. The van der Waals surface area contributed by atoms with E-state index in [1.165, 1.54) is 29.5 Å². The summed E-state index contributed by atoms with van der Waals surface area (Å²) >= 11 is 0. The summed E-state index contributed by atoms with van der Waals surface area (Å²) in [5.74, 6) is 0.196. The average Bonchev–Trinajstić information content (AvgIpc) is 3.52. The lowest BCUT2D eigenvalue weighted by atomic mass is 9.74. The Kier molecular flexibility index (Phi) is 3.93. The Morgan fingerprint density at radius 2 is 1.87 bits per heavy atom. The third-order valence-electron chi connectivity index (χ3n) is 6.35. The van der Waals surface area contributed by atoms with E-state index < -0.39 is 11.5 Å². The number of nitriles is 1. The molecular formula is C23H22N6O. The van der Waals surface area contributed by atoms with E-state index in [9.17, 15) is 10.1 Å². The van der Waals surface area contributed by atoms with Crippen LogP contribution in [0.1, 0.15) is 54.0 Å². The lowest BCUT2D eigenvalue weighted by Gasteiger charge is -2.40. The highest BCUT2D eigenvalue weighted by Crippen LogP contribution is 2.45. The normalized spacial score (nSPS) is 24.0. The topological polar surface area (TPSA) is 99.8 Å². The van der Waals surface area contributed by atoms with Crippen LogP contribution in [0, 0.1) is 11.3 Å². The van der Waals surface area contributed by atoms with Gasteiger partial charge in [-0.2, -0.15) is 5.26 Å². The number of carbonyl (C=O) groups is 1. The zero-order valence-corrected chi connectivity index (χ0v) is 16.9. The number of aromatic nitrogens is 2. The fourth-order valence-corrected chi connectivity index (χ4v) is 4.36. The highest BCUT2D eigenvalue weighted by Gasteiger charge is 2.47. The number of benzene rings is 1. The van der Waals surface area contributed by atoms with Crippen LogP contribution in [0.3, 0.4) is 0 Å². The number of aliphatic imine (C=N–C) groups is 1. The van der Waals surface area contributed by atoms with Crippen LogP contribution >= 0.6 is 0 Å². The van der Waals surface area contributed by atoms with Gasteiger partial charge in [-0.1, -0.05) is 30.3 Å². The van der Waals surface area contributed by atoms with Crippen LogP contribution in [0.25, 0.3) is 5.65 Å². The number of rotatable bonds is 3. The molecule has 1 amide bonds. The smallest absolute Gasteiger partial charge is 0.239 e. The van der Waals surface area contributed by atoms with Crippen LogP contribution in [-0.4, -0.2) is 33.2 Å². The van der Waals surface area contributed by atoms with Crippen LogP contribution in [0.5, 0.6) is 0 Å². The Labute approximate surface area is 174 Å². The lowest BCUT2D eigenvalue weighted by Crippen LogP contribution is -2.52. The summed E-state index contributed by atoms with van der Waals surface area (Å²) in [6.45, 7) is 1.92. The summed E-state index contributed by atoms with van der Waals surface area (Å²) in [5, 5.41) is 9.40. The molecule has 150 valence electrons. The van der Waals surface area contributed by atoms with E-state index in [0.29, 0.717) is 17.3 Å². The SMILES string of the molecule is CN1C(=O)C(c2ccc(C3CC3)cc2)[C@@](C)(c2ccc3ncc(C#N)n3c2)N=C1N. The molecule has 2 aromatic heterocycles. The minimum absolute atomic E-state index is 0.101. The third kappa shape index (κ3) is 2.68. The molecular weight excluding hydrogens is 376 g/mol. The molecule has 1 fully saturated rings. The molecule has 1 saturated carbocycles. The Hall–Kier alpha value is -3.66. The highest BCUT2D eigenvalue weighted by molar-refractivity contribution is 6.02. The second-order valence-corrected chi connectivity index (χ2v) is 8.29. The fraction of sp³-hybridized carbons (Fsp3) is 0.304. The summed E-state index contributed by atoms with van der Waals surface area (Å²) in [6.07, 6.45) is 5.83. The molecule has 0 radical (unpaired) electrons. The van der Waals surface area contributed by atoms with Crippen LogP contribution in [0.15, 0.2) is 53.8 Å². The van der Waals surface area contributed by atoms with Crippen LogP contribution < -0.4 is 5.73 Å². The number of hydrogen-bond acceptors (Lipinski definition) is 5. The summed E-state index contributed by atoms with van der Waals surface area (Å²) in [7, 11) is 1.65. The molecule has 3 aromatic rings. The fourth-order valence-electron chi connectivity index (χ4n) is 4.36. The third-order valence-corrected chi connectivity index (χ3v) is 6.35. The molecule has 1 aromatic carbocycles. The molecule has 1 aliphatic heterocycles. The van der Waals surface area contributed by atoms with Gasteiger partial charge in [-0.3, -0.25) is 14.1 Å². The Balaban J connectivity index is 1.67. The first-order valence-corrected chi connectivity index (χ1v) is 10.0. The van der Waals surface area contributed by atoms with Gasteiger partial charge < -0.3 is 5.73 Å². The van der Waals surface area contributed by atoms with E-state index in [-0.39, 0.29) is 11.9 Å². The largest absolute Gasteiger partial charge is 0.369 e. The van der Waals surface area contributed by atoms with Crippen molar-refractivity contribution >= 4 is 17.5 Å². The Morgan fingerprint density at radius 3 is 2.53 bits per heavy atom. The number of fused-ring (bicyclic) bond motifs is 1. The van der Waals surface area contributed by atoms with Crippen molar-refractivity contribution in [2.24, 2.45) is 10.7 Å². The van der Waals surface area contributed by atoms with Crippen molar-refractivity contribution in [1.29, 1.82) is 5.26 Å². The molecule has 0 saturated heterocycles. The van der Waals surface area contributed by atoms with Crippen LogP contribution in [0.4, 0.5) is 0 Å². The highest BCUT2D eigenvalue weighted by atomic mass is 16.2. The molecule has 1 unspecified atom stereocenters. The molecule has 30 heavy (non-hydrogen) atoms. The number of nitrogens with two attached hydrogens (primary N) is 1. The summed E-state index contributed by atoms with van der Waals surface area (Å²) in [5.41, 5.74) is 9.32. The predicted octanol–water partition coefficient (Wildman–Crippen LogP) is 2.87. The molecule has 5 rings (SSSR count). The minimum Gasteiger partial charge on any atom is -0.369 e. The first-order chi connectivity index (χ1) is 14.4. The maximum atomic E-state index is 13.4. The second kappa shape index (κ2) is 6.42. The van der Waals surface area contributed by atoms with Gasteiger partial charge in [0.15, 0.2) is 5.96 Å². The van der Waals surface area contributed by atoms with Crippen molar-refractivity contribution in [2.45, 2.75) is 37.1 Å². The number of pyridine rings is 1. The molecule has 7 nitrogen and oxygen atoms in total. The van der Waals surface area contributed by atoms with Crippen molar-refractivity contribution in [3.05, 3.63) is 71.2 Å². The van der Waals surface area contributed by atoms with Crippen molar-refractivity contribution in [3.63, 3.8) is 0 Å². The molecule has 2 atom stereocenters. The van der Waals surface area contributed by atoms with Gasteiger partial charge in [-0.05, 0) is 48.4 Å². The summed E-state index contributed by atoms with van der Waals surface area (Å²) in [6, 6.07) is 14.2. The zero-order chi connectivity index (χ0) is 21.0. The van der Waals surface area contributed by atoms with Crippen molar-refractivity contribution in [1.82, 2.24) is 14.3 Å². The number of imidazole rings is 1. The second-order valence-electron chi connectivity index (χ2n) is 8.29. The van der Waals surface area contributed by atoms with Gasteiger partial charge in [0.05, 0.1) is 12.1 Å². The van der Waals surface area contributed by atoms with Gasteiger partial charge in [0, 0.05) is 13.2 Å². The van der Waals surface area contributed by atoms with Gasteiger partial charge >= 0.3 is 0 Å². The molecule has 2 N–H and O–H groups in total. The molecule has 0 bridgehead atoms. The zero-order valence-electron chi connectivity index (χ0n) is 16.9. The maximum Gasteiger partial charge on any atom is 0.239 e. The van der Waals surface area contributed by atoms with Gasteiger partial charge in [0.1, 0.15) is 22.9 Å². The lowest BCUT2D eigenvalue weighted by molar-refractivity contribution is -0.130. The van der Waals surface area contributed by atoms with Gasteiger partial charge in [-0.15, -0.1) is 0 Å². The molecule has 3 heterocycles.